The van der Waals surface area contributed by atoms with Crippen LogP contribution in [-0.4, -0.2) is 46.2 Å². The summed E-state index contributed by atoms with van der Waals surface area (Å²) in [5.74, 6) is -3.59. The van der Waals surface area contributed by atoms with E-state index in [1.165, 1.54) is 0 Å². The fourth-order valence-corrected chi connectivity index (χ4v) is 4.87. The van der Waals surface area contributed by atoms with Gasteiger partial charge in [0.1, 0.15) is 5.82 Å². The number of hydrogen-bond acceptors (Lipinski definition) is 3. The second-order valence-corrected chi connectivity index (χ2v) is 8.39. The second-order valence-electron chi connectivity index (χ2n) is 8.03. The highest BCUT2D eigenvalue weighted by Gasteiger charge is 2.34. The average Bonchev–Trinajstić information content (AvgIpc) is 3.26. The molecule has 1 fully saturated rings. The SMILES string of the molecule is CN(C(=O)Cc1c2n(c(=S)n1C)C[C@@H](c1c(F)ccc(F)c1F)C2)C1CCOCC1. The van der Waals surface area contributed by atoms with E-state index in [9.17, 15) is 18.0 Å². The van der Waals surface area contributed by atoms with E-state index < -0.39 is 23.4 Å². The number of nitrogens with zero attached hydrogens (tertiary/aromatic N) is 3. The van der Waals surface area contributed by atoms with Crippen molar-refractivity contribution in [2.45, 2.75) is 44.2 Å². The van der Waals surface area contributed by atoms with Crippen LogP contribution in [0.25, 0.3) is 0 Å². The van der Waals surface area contributed by atoms with Gasteiger partial charge in [-0.1, -0.05) is 0 Å². The Morgan fingerprint density at radius 2 is 1.90 bits per heavy atom. The summed E-state index contributed by atoms with van der Waals surface area (Å²) in [5, 5.41) is 0. The molecule has 5 nitrogen and oxygen atoms in total. The van der Waals surface area contributed by atoms with Crippen LogP contribution >= 0.6 is 12.2 Å². The van der Waals surface area contributed by atoms with E-state index in [-0.39, 0.29) is 30.5 Å². The van der Waals surface area contributed by atoms with Gasteiger partial charge in [0.05, 0.1) is 6.42 Å². The summed E-state index contributed by atoms with van der Waals surface area (Å²) in [4.78, 5) is 14.7. The number of imidazole rings is 1. The third-order valence-electron chi connectivity index (χ3n) is 6.36. The number of benzene rings is 1. The molecule has 3 heterocycles. The predicted molar refractivity (Wildman–Crippen MR) is 107 cm³/mol. The lowest BCUT2D eigenvalue weighted by molar-refractivity contribution is -0.133. The third kappa shape index (κ3) is 3.58. The summed E-state index contributed by atoms with van der Waals surface area (Å²) in [5.41, 5.74) is 1.26. The van der Waals surface area contributed by atoms with Gasteiger partial charge in [0, 0.05) is 62.8 Å². The lowest BCUT2D eigenvalue weighted by Gasteiger charge is -2.31. The van der Waals surface area contributed by atoms with Gasteiger partial charge in [0.15, 0.2) is 16.4 Å². The molecular formula is C21H24F3N3O2S. The first kappa shape index (κ1) is 21.1. The average molecular weight is 440 g/mol. The number of ether oxygens (including phenoxy) is 1. The Hall–Kier alpha value is -2.13. The molecule has 30 heavy (non-hydrogen) atoms. The number of carbonyl (C=O) groups is 1. The van der Waals surface area contributed by atoms with Crippen molar-refractivity contribution in [2.24, 2.45) is 7.05 Å². The molecule has 1 atom stereocenters. The fourth-order valence-electron chi connectivity index (χ4n) is 4.57. The molecule has 0 radical (unpaired) electrons. The number of halogens is 3. The Labute approximate surface area is 178 Å². The lowest BCUT2D eigenvalue weighted by Crippen LogP contribution is -2.41. The van der Waals surface area contributed by atoms with Gasteiger partial charge in [-0.25, -0.2) is 13.2 Å². The number of amides is 1. The maximum atomic E-state index is 14.3. The molecule has 2 aliphatic heterocycles. The molecule has 1 aromatic heterocycles. The number of fused-ring (bicyclic) bond motifs is 1. The van der Waals surface area contributed by atoms with Crippen molar-refractivity contribution in [3.8, 4) is 0 Å². The highest BCUT2D eigenvalue weighted by Crippen LogP contribution is 2.36. The standard InChI is InChI=1S/C21H24F3N3O2S/c1-25(13-5-7-29-8-6-13)18(28)10-16-17-9-12(11-27(17)21(30)26(16)2)19-14(22)3-4-15(23)20(19)24/h3-4,12-13H,5-11H2,1-2H3/t12-/m0/s1. The summed E-state index contributed by atoms with van der Waals surface area (Å²) in [6.45, 7) is 1.53. The fraction of sp³-hybridized carbons (Fsp3) is 0.524. The van der Waals surface area contributed by atoms with Gasteiger partial charge < -0.3 is 18.8 Å². The Morgan fingerprint density at radius 3 is 2.60 bits per heavy atom. The van der Waals surface area contributed by atoms with E-state index >= 15 is 0 Å². The highest BCUT2D eigenvalue weighted by molar-refractivity contribution is 7.71. The maximum Gasteiger partial charge on any atom is 0.228 e. The minimum atomic E-state index is -1.15. The molecule has 0 spiro atoms. The van der Waals surface area contributed by atoms with Crippen molar-refractivity contribution in [3.63, 3.8) is 0 Å². The van der Waals surface area contributed by atoms with Crippen LogP contribution in [-0.2, 0) is 36.0 Å². The first-order chi connectivity index (χ1) is 14.3. The second kappa shape index (κ2) is 8.19. The summed E-state index contributed by atoms with van der Waals surface area (Å²) >= 11 is 5.50. The maximum absolute atomic E-state index is 14.3. The molecule has 0 N–H and O–H groups in total. The molecule has 0 saturated carbocycles. The van der Waals surface area contributed by atoms with Crippen molar-refractivity contribution in [2.75, 3.05) is 20.3 Å². The molecule has 1 amide bonds. The van der Waals surface area contributed by atoms with Gasteiger partial charge >= 0.3 is 0 Å². The smallest absolute Gasteiger partial charge is 0.228 e. The van der Waals surface area contributed by atoms with Crippen LogP contribution in [0.3, 0.4) is 0 Å². The van der Waals surface area contributed by atoms with Gasteiger partial charge in [-0.15, -0.1) is 0 Å². The normalized spacial score (nSPS) is 19.2. The van der Waals surface area contributed by atoms with Crippen LogP contribution in [0.4, 0.5) is 13.2 Å². The molecular weight excluding hydrogens is 415 g/mol. The van der Waals surface area contributed by atoms with Crippen LogP contribution in [0.2, 0.25) is 0 Å². The number of aromatic nitrogens is 2. The zero-order valence-electron chi connectivity index (χ0n) is 17.0. The third-order valence-corrected chi connectivity index (χ3v) is 6.86. The monoisotopic (exact) mass is 439 g/mol. The van der Waals surface area contributed by atoms with Crippen LogP contribution in [0.15, 0.2) is 12.1 Å². The topological polar surface area (TPSA) is 39.4 Å². The van der Waals surface area contributed by atoms with E-state index in [4.69, 9.17) is 17.0 Å². The van der Waals surface area contributed by atoms with Gasteiger partial charge in [0.2, 0.25) is 5.91 Å². The molecule has 0 aliphatic carbocycles. The molecule has 9 heteroatoms. The van der Waals surface area contributed by atoms with Gasteiger partial charge in [-0.05, 0) is 43.6 Å². The van der Waals surface area contributed by atoms with Gasteiger partial charge in [-0.3, -0.25) is 4.79 Å². The summed E-state index contributed by atoms with van der Waals surface area (Å²) in [6, 6.07) is 1.87. The molecule has 2 aromatic rings. The molecule has 2 aliphatic rings. The van der Waals surface area contributed by atoms with E-state index in [1.54, 1.807) is 28.1 Å². The number of hydrogen-bond donors (Lipinski definition) is 0. The van der Waals surface area contributed by atoms with Crippen LogP contribution in [0.5, 0.6) is 0 Å². The van der Waals surface area contributed by atoms with Crippen molar-refractivity contribution in [1.29, 1.82) is 0 Å². The number of rotatable bonds is 4. The van der Waals surface area contributed by atoms with Crippen molar-refractivity contribution >= 4 is 18.1 Å². The predicted octanol–water partition coefficient (Wildman–Crippen LogP) is 3.49. The molecule has 0 bridgehead atoms. The van der Waals surface area contributed by atoms with Crippen molar-refractivity contribution < 1.29 is 22.7 Å². The van der Waals surface area contributed by atoms with Crippen molar-refractivity contribution in [1.82, 2.24) is 14.0 Å². The van der Waals surface area contributed by atoms with Gasteiger partial charge in [0.25, 0.3) is 0 Å². The first-order valence-corrected chi connectivity index (χ1v) is 10.4. The minimum absolute atomic E-state index is 0.0348. The van der Waals surface area contributed by atoms with E-state index in [0.717, 1.165) is 36.4 Å². The molecule has 1 saturated heterocycles. The van der Waals surface area contributed by atoms with Crippen molar-refractivity contribution in [3.05, 3.63) is 51.3 Å². The minimum Gasteiger partial charge on any atom is -0.381 e. The summed E-state index contributed by atoms with van der Waals surface area (Å²) in [6.07, 6.45) is 2.05. The van der Waals surface area contributed by atoms with E-state index in [1.807, 2.05) is 0 Å². The summed E-state index contributed by atoms with van der Waals surface area (Å²) < 4.78 is 51.8. The first-order valence-electron chi connectivity index (χ1n) is 10.0. The zero-order chi connectivity index (χ0) is 21.6. The van der Waals surface area contributed by atoms with E-state index in [0.29, 0.717) is 24.4 Å². The molecule has 0 unspecified atom stereocenters. The number of carbonyl (C=O) groups excluding carboxylic acids is 1. The quantitative estimate of drug-likeness (QED) is 0.541. The molecule has 4 rings (SSSR count). The van der Waals surface area contributed by atoms with Gasteiger partial charge in [-0.2, -0.15) is 0 Å². The molecule has 162 valence electrons. The Morgan fingerprint density at radius 1 is 1.23 bits per heavy atom. The van der Waals surface area contributed by atoms with Crippen LogP contribution in [0.1, 0.15) is 35.7 Å². The lowest BCUT2D eigenvalue weighted by atomic mass is 9.94. The molecule has 1 aromatic carbocycles. The summed E-state index contributed by atoms with van der Waals surface area (Å²) in [7, 11) is 3.59. The van der Waals surface area contributed by atoms with Crippen LogP contribution in [0, 0.1) is 22.2 Å². The zero-order valence-corrected chi connectivity index (χ0v) is 17.8. The highest BCUT2D eigenvalue weighted by atomic mass is 32.1. The Balaban J connectivity index is 1.59. The Bertz CT molecular complexity index is 1040. The van der Waals surface area contributed by atoms with E-state index in [2.05, 4.69) is 0 Å². The number of likely N-dealkylation sites (N-methyl/N-ethyl adjacent to an activating group) is 1. The Kier molecular flexibility index (Phi) is 5.76. The van der Waals surface area contributed by atoms with Crippen LogP contribution < -0.4 is 0 Å². The largest absolute Gasteiger partial charge is 0.381 e.